The van der Waals surface area contributed by atoms with Crippen molar-refractivity contribution in [2.45, 2.75) is 49.5 Å². The van der Waals surface area contributed by atoms with Gasteiger partial charge in [0.2, 0.25) is 10.0 Å². The van der Waals surface area contributed by atoms with Crippen LogP contribution in [0.15, 0.2) is 29.2 Å². The Morgan fingerprint density at radius 3 is 2.32 bits per heavy atom. The van der Waals surface area contributed by atoms with Crippen LogP contribution < -0.4 is 10.0 Å². The van der Waals surface area contributed by atoms with Crippen molar-refractivity contribution >= 4 is 22.4 Å². The van der Waals surface area contributed by atoms with Gasteiger partial charge in [-0.05, 0) is 25.0 Å². The summed E-state index contributed by atoms with van der Waals surface area (Å²) < 4.78 is 39.9. The van der Waals surface area contributed by atoms with Gasteiger partial charge >= 0.3 is 0 Å². The zero-order valence-electron chi connectivity index (χ0n) is 12.6. The van der Waals surface area contributed by atoms with E-state index in [-0.39, 0.29) is 23.8 Å². The molecule has 0 aromatic heterocycles. The summed E-state index contributed by atoms with van der Waals surface area (Å²) in [6.07, 6.45) is 7.35. The second-order valence-corrected chi connectivity index (χ2v) is 7.21. The van der Waals surface area contributed by atoms with Crippen molar-refractivity contribution in [2.75, 3.05) is 13.1 Å². The predicted octanol–water partition coefficient (Wildman–Crippen LogP) is 2.84. The monoisotopic (exact) mass is 350 g/mol. The minimum Gasteiger partial charge on any atom is -0.313 e. The fourth-order valence-electron chi connectivity index (χ4n) is 2.69. The molecule has 0 amide bonds. The van der Waals surface area contributed by atoms with Crippen molar-refractivity contribution in [3.63, 3.8) is 0 Å². The van der Waals surface area contributed by atoms with Gasteiger partial charge in [-0.3, -0.25) is 0 Å². The van der Waals surface area contributed by atoms with E-state index in [9.17, 15) is 12.8 Å². The Morgan fingerprint density at radius 1 is 1.05 bits per heavy atom. The van der Waals surface area contributed by atoms with Crippen LogP contribution in [0.25, 0.3) is 0 Å². The first-order valence-electron chi connectivity index (χ1n) is 7.57. The Hall–Kier alpha value is -0.690. The molecule has 0 heterocycles. The van der Waals surface area contributed by atoms with Gasteiger partial charge < -0.3 is 5.32 Å². The second-order valence-electron chi connectivity index (χ2n) is 5.47. The summed E-state index contributed by atoms with van der Waals surface area (Å²) in [6.45, 7) is 0.839. The van der Waals surface area contributed by atoms with Gasteiger partial charge in [0, 0.05) is 19.1 Å². The summed E-state index contributed by atoms with van der Waals surface area (Å²) in [5.41, 5.74) is 0. The number of rotatable bonds is 6. The van der Waals surface area contributed by atoms with Gasteiger partial charge in [-0.1, -0.05) is 37.8 Å². The summed E-state index contributed by atoms with van der Waals surface area (Å²) in [5, 5.41) is 3.38. The topological polar surface area (TPSA) is 58.2 Å². The molecule has 0 bridgehead atoms. The Balaban J connectivity index is 0.00000242. The van der Waals surface area contributed by atoms with E-state index in [1.807, 2.05) is 0 Å². The first kappa shape index (κ1) is 19.4. The number of hydrogen-bond donors (Lipinski definition) is 2. The summed E-state index contributed by atoms with van der Waals surface area (Å²) in [6, 6.07) is 5.89. The molecule has 1 aromatic carbocycles. The average molecular weight is 351 g/mol. The molecule has 0 radical (unpaired) electrons. The highest BCUT2D eigenvalue weighted by Gasteiger charge is 2.18. The van der Waals surface area contributed by atoms with E-state index in [0.29, 0.717) is 12.6 Å². The molecule has 0 spiro atoms. The maximum Gasteiger partial charge on any atom is 0.243 e. The highest BCUT2D eigenvalue weighted by molar-refractivity contribution is 7.89. The normalized spacial score (nSPS) is 16.8. The molecule has 1 aromatic rings. The number of halogens is 2. The summed E-state index contributed by atoms with van der Waals surface area (Å²) in [5.74, 6) is -0.721. The third-order valence-corrected chi connectivity index (χ3v) is 5.33. The lowest BCUT2D eigenvalue weighted by atomic mass is 10.1. The highest BCUT2D eigenvalue weighted by atomic mass is 35.5. The highest BCUT2D eigenvalue weighted by Crippen LogP contribution is 2.17. The first-order chi connectivity index (χ1) is 10.1. The Labute approximate surface area is 138 Å². The number of hydrogen-bond acceptors (Lipinski definition) is 3. The molecule has 4 nitrogen and oxygen atoms in total. The fraction of sp³-hybridized carbons (Fsp3) is 0.600. The minimum atomic E-state index is -3.77. The molecule has 0 atom stereocenters. The van der Waals surface area contributed by atoms with Crippen molar-refractivity contribution in [1.29, 1.82) is 0 Å². The van der Waals surface area contributed by atoms with E-state index in [2.05, 4.69) is 10.0 Å². The molecule has 22 heavy (non-hydrogen) atoms. The van der Waals surface area contributed by atoms with Gasteiger partial charge in [-0.15, -0.1) is 12.4 Å². The lowest BCUT2D eigenvalue weighted by molar-refractivity contribution is 0.461. The Kier molecular flexibility index (Phi) is 8.31. The molecule has 7 heteroatoms. The smallest absolute Gasteiger partial charge is 0.243 e. The van der Waals surface area contributed by atoms with Crippen LogP contribution in [0, 0.1) is 5.82 Å². The molecule has 0 saturated heterocycles. The lowest BCUT2D eigenvalue weighted by Gasteiger charge is -2.16. The molecular formula is C15H24ClFN2O2S. The van der Waals surface area contributed by atoms with Crippen LogP contribution >= 0.6 is 12.4 Å². The maximum atomic E-state index is 13.5. The Morgan fingerprint density at radius 2 is 1.68 bits per heavy atom. The zero-order valence-corrected chi connectivity index (χ0v) is 14.2. The minimum absolute atomic E-state index is 0. The van der Waals surface area contributed by atoms with Crippen molar-refractivity contribution < 1.29 is 12.8 Å². The molecule has 0 unspecified atom stereocenters. The van der Waals surface area contributed by atoms with E-state index in [1.54, 1.807) is 0 Å². The van der Waals surface area contributed by atoms with Gasteiger partial charge in [-0.25, -0.2) is 17.5 Å². The first-order valence-corrected chi connectivity index (χ1v) is 9.05. The molecule has 126 valence electrons. The van der Waals surface area contributed by atoms with Gasteiger partial charge in [0.25, 0.3) is 0 Å². The fourth-order valence-corrected chi connectivity index (χ4v) is 3.79. The molecule has 2 N–H and O–H groups in total. The van der Waals surface area contributed by atoms with Crippen molar-refractivity contribution in [1.82, 2.24) is 10.0 Å². The third kappa shape index (κ3) is 5.83. The predicted molar refractivity (Wildman–Crippen MR) is 88.3 cm³/mol. The second kappa shape index (κ2) is 9.45. The van der Waals surface area contributed by atoms with Crippen molar-refractivity contribution in [2.24, 2.45) is 0 Å². The van der Waals surface area contributed by atoms with Crippen LogP contribution in [0.5, 0.6) is 0 Å². The molecule has 1 saturated carbocycles. The Bertz CT molecular complexity index is 546. The van der Waals surface area contributed by atoms with Crippen LogP contribution in [-0.4, -0.2) is 27.5 Å². The lowest BCUT2D eigenvalue weighted by Crippen LogP contribution is -2.37. The summed E-state index contributed by atoms with van der Waals surface area (Å²) in [4.78, 5) is -0.292. The molecular weight excluding hydrogens is 327 g/mol. The third-order valence-electron chi connectivity index (χ3n) is 3.83. The maximum absolute atomic E-state index is 13.5. The van der Waals surface area contributed by atoms with Gasteiger partial charge in [0.15, 0.2) is 0 Å². The van der Waals surface area contributed by atoms with Crippen LogP contribution in [0.2, 0.25) is 0 Å². The SMILES string of the molecule is Cl.O=S(=O)(NCCNC1CCCCCC1)c1ccccc1F. The van der Waals surface area contributed by atoms with Crippen LogP contribution in [0.4, 0.5) is 4.39 Å². The summed E-state index contributed by atoms with van der Waals surface area (Å²) in [7, 11) is -3.77. The molecule has 2 rings (SSSR count). The van der Waals surface area contributed by atoms with E-state index in [1.165, 1.54) is 43.9 Å². The van der Waals surface area contributed by atoms with E-state index >= 15 is 0 Å². The quantitative estimate of drug-likeness (QED) is 0.612. The molecule has 0 aliphatic heterocycles. The van der Waals surface area contributed by atoms with Gasteiger partial charge in [0.05, 0.1) is 0 Å². The number of nitrogens with one attached hydrogen (secondary N) is 2. The van der Waals surface area contributed by atoms with Crippen LogP contribution in [0.1, 0.15) is 38.5 Å². The molecule has 1 aliphatic rings. The van der Waals surface area contributed by atoms with Crippen molar-refractivity contribution in [3.05, 3.63) is 30.1 Å². The largest absolute Gasteiger partial charge is 0.313 e. The molecule has 1 fully saturated rings. The molecule has 1 aliphatic carbocycles. The van der Waals surface area contributed by atoms with Crippen LogP contribution in [0.3, 0.4) is 0 Å². The standard InChI is InChI=1S/C15H23FN2O2S.ClH/c16-14-9-5-6-10-15(14)21(19,20)18-12-11-17-13-7-3-1-2-4-8-13;/h5-6,9-10,13,17-18H,1-4,7-8,11-12H2;1H. The van der Waals surface area contributed by atoms with Crippen molar-refractivity contribution in [3.8, 4) is 0 Å². The van der Waals surface area contributed by atoms with Crippen LogP contribution in [-0.2, 0) is 10.0 Å². The number of benzene rings is 1. The van der Waals surface area contributed by atoms with E-state index in [4.69, 9.17) is 0 Å². The van der Waals surface area contributed by atoms with Gasteiger partial charge in [-0.2, -0.15) is 0 Å². The average Bonchev–Trinajstić information content (AvgIpc) is 2.72. The van der Waals surface area contributed by atoms with Gasteiger partial charge in [0.1, 0.15) is 10.7 Å². The van der Waals surface area contributed by atoms with E-state index in [0.717, 1.165) is 18.9 Å². The zero-order chi connectivity index (χ0) is 15.1. The van der Waals surface area contributed by atoms with E-state index < -0.39 is 15.8 Å². The summed E-state index contributed by atoms with van der Waals surface area (Å²) >= 11 is 0. The number of sulfonamides is 1.